The standard InChI is InChI=1S/C16H20ClN5O.HI/c1-18-16(20-9-12-5-8-23-11-12)21-13-4-7-22(10-13)15-14(17)3-2-6-19-15;/h2-3,5-6,8,11,13H,4,7,9-10H2,1H3,(H2,18,20,21);1H. The third-order valence-corrected chi connectivity index (χ3v) is 4.13. The van der Waals surface area contributed by atoms with E-state index >= 15 is 0 Å². The van der Waals surface area contributed by atoms with Gasteiger partial charge in [-0.15, -0.1) is 24.0 Å². The SMILES string of the molecule is CN=C(NCc1ccoc1)NC1CCN(c2ncccc2Cl)C1.I. The molecule has 0 bridgehead atoms. The van der Waals surface area contributed by atoms with Crippen molar-refractivity contribution in [1.29, 1.82) is 0 Å². The molecule has 2 N–H and O–H groups in total. The van der Waals surface area contributed by atoms with Crippen LogP contribution in [0.15, 0.2) is 46.3 Å². The maximum absolute atomic E-state index is 6.22. The molecule has 1 atom stereocenters. The zero-order valence-electron chi connectivity index (χ0n) is 13.4. The Morgan fingerprint density at radius 3 is 3.08 bits per heavy atom. The van der Waals surface area contributed by atoms with Crippen LogP contribution in [0.1, 0.15) is 12.0 Å². The van der Waals surface area contributed by atoms with Crippen molar-refractivity contribution >= 4 is 47.4 Å². The van der Waals surface area contributed by atoms with E-state index in [0.29, 0.717) is 17.6 Å². The number of aromatic nitrogens is 1. The van der Waals surface area contributed by atoms with Gasteiger partial charge in [-0.25, -0.2) is 4.98 Å². The largest absolute Gasteiger partial charge is 0.472 e. The number of halogens is 2. The molecule has 0 aliphatic carbocycles. The number of aliphatic imine (C=N–C) groups is 1. The average molecular weight is 462 g/mol. The van der Waals surface area contributed by atoms with Crippen LogP contribution in [0.4, 0.5) is 5.82 Å². The summed E-state index contributed by atoms with van der Waals surface area (Å²) in [7, 11) is 1.77. The molecule has 1 fully saturated rings. The highest BCUT2D eigenvalue weighted by Crippen LogP contribution is 2.25. The summed E-state index contributed by atoms with van der Waals surface area (Å²) in [5.41, 5.74) is 1.08. The normalized spacial score (nSPS) is 17.5. The van der Waals surface area contributed by atoms with Gasteiger partial charge < -0.3 is 20.0 Å². The van der Waals surface area contributed by atoms with E-state index in [2.05, 4.69) is 25.5 Å². The van der Waals surface area contributed by atoms with Crippen LogP contribution >= 0.6 is 35.6 Å². The molecule has 1 saturated heterocycles. The molecule has 0 saturated carbocycles. The maximum atomic E-state index is 6.22. The second kappa shape index (κ2) is 9.12. The molecule has 0 radical (unpaired) electrons. The molecule has 0 spiro atoms. The van der Waals surface area contributed by atoms with Crippen LogP contribution in [-0.2, 0) is 6.54 Å². The first-order valence-electron chi connectivity index (χ1n) is 7.60. The summed E-state index contributed by atoms with van der Waals surface area (Å²) in [5, 5.41) is 7.42. The average Bonchev–Trinajstić information content (AvgIpc) is 3.23. The van der Waals surface area contributed by atoms with Crippen molar-refractivity contribution in [3.63, 3.8) is 0 Å². The van der Waals surface area contributed by atoms with Crippen molar-refractivity contribution in [3.05, 3.63) is 47.5 Å². The summed E-state index contributed by atoms with van der Waals surface area (Å²) in [5.74, 6) is 1.63. The van der Waals surface area contributed by atoms with Crippen LogP contribution in [0.5, 0.6) is 0 Å². The number of furan rings is 1. The Bertz CT molecular complexity index is 664. The van der Waals surface area contributed by atoms with Gasteiger partial charge in [0.05, 0.1) is 17.5 Å². The minimum atomic E-state index is 0. The highest BCUT2D eigenvalue weighted by Gasteiger charge is 2.25. The Hall–Kier alpha value is -1.48. The molecule has 1 unspecified atom stereocenters. The summed E-state index contributed by atoms with van der Waals surface area (Å²) in [6.07, 6.45) is 6.17. The number of guanidine groups is 1. The van der Waals surface area contributed by atoms with E-state index in [-0.39, 0.29) is 24.0 Å². The van der Waals surface area contributed by atoms with Crippen LogP contribution in [0, 0.1) is 0 Å². The maximum Gasteiger partial charge on any atom is 0.191 e. The van der Waals surface area contributed by atoms with Gasteiger partial charge in [0, 0.05) is 44.5 Å². The zero-order valence-corrected chi connectivity index (χ0v) is 16.5. The summed E-state index contributed by atoms with van der Waals surface area (Å²) in [4.78, 5) is 10.8. The van der Waals surface area contributed by atoms with Crippen molar-refractivity contribution in [1.82, 2.24) is 15.6 Å². The molecule has 0 aromatic carbocycles. The summed E-state index contributed by atoms with van der Waals surface area (Å²) >= 11 is 6.22. The van der Waals surface area contributed by atoms with Crippen molar-refractivity contribution in [2.75, 3.05) is 25.0 Å². The predicted octanol–water partition coefficient (Wildman–Crippen LogP) is 2.89. The van der Waals surface area contributed by atoms with Crippen LogP contribution in [0.2, 0.25) is 5.02 Å². The Morgan fingerprint density at radius 2 is 2.38 bits per heavy atom. The minimum absolute atomic E-state index is 0. The van der Waals surface area contributed by atoms with E-state index in [0.717, 1.165) is 36.9 Å². The molecule has 1 aliphatic rings. The van der Waals surface area contributed by atoms with Gasteiger partial charge in [-0.05, 0) is 24.6 Å². The fraction of sp³-hybridized carbons (Fsp3) is 0.375. The van der Waals surface area contributed by atoms with Gasteiger partial charge in [-0.1, -0.05) is 11.6 Å². The Labute approximate surface area is 163 Å². The fourth-order valence-corrected chi connectivity index (χ4v) is 2.89. The summed E-state index contributed by atoms with van der Waals surface area (Å²) in [6, 6.07) is 5.96. The number of hydrogen-bond acceptors (Lipinski definition) is 4. The number of anilines is 1. The Balaban J connectivity index is 0.00000208. The number of nitrogens with one attached hydrogen (secondary N) is 2. The predicted molar refractivity (Wildman–Crippen MR) is 107 cm³/mol. The Kier molecular flexibility index (Phi) is 7.16. The lowest BCUT2D eigenvalue weighted by molar-refractivity contribution is 0.562. The van der Waals surface area contributed by atoms with Gasteiger partial charge in [0.2, 0.25) is 0 Å². The molecule has 24 heavy (non-hydrogen) atoms. The smallest absolute Gasteiger partial charge is 0.191 e. The van der Waals surface area contributed by atoms with Crippen LogP contribution in [-0.4, -0.2) is 37.1 Å². The van der Waals surface area contributed by atoms with Gasteiger partial charge in [0.1, 0.15) is 5.82 Å². The van der Waals surface area contributed by atoms with E-state index < -0.39 is 0 Å². The van der Waals surface area contributed by atoms with E-state index in [9.17, 15) is 0 Å². The molecule has 3 rings (SSSR count). The molecule has 6 nitrogen and oxygen atoms in total. The number of hydrogen-bond donors (Lipinski definition) is 2. The lowest BCUT2D eigenvalue weighted by Crippen LogP contribution is -2.44. The minimum Gasteiger partial charge on any atom is -0.472 e. The lowest BCUT2D eigenvalue weighted by atomic mass is 10.3. The zero-order chi connectivity index (χ0) is 16.1. The van der Waals surface area contributed by atoms with E-state index in [4.69, 9.17) is 16.0 Å². The quantitative estimate of drug-likeness (QED) is 0.416. The van der Waals surface area contributed by atoms with Gasteiger partial charge in [0.15, 0.2) is 5.96 Å². The summed E-state index contributed by atoms with van der Waals surface area (Å²) in [6.45, 7) is 2.45. The van der Waals surface area contributed by atoms with Gasteiger partial charge >= 0.3 is 0 Å². The van der Waals surface area contributed by atoms with E-state index in [1.807, 2.05) is 18.2 Å². The number of nitrogens with zero attached hydrogens (tertiary/aromatic N) is 3. The third-order valence-electron chi connectivity index (χ3n) is 3.83. The molecule has 1 aliphatic heterocycles. The van der Waals surface area contributed by atoms with E-state index in [1.165, 1.54) is 0 Å². The van der Waals surface area contributed by atoms with Gasteiger partial charge in [0.25, 0.3) is 0 Å². The first-order chi connectivity index (χ1) is 11.3. The molecule has 0 amide bonds. The first-order valence-corrected chi connectivity index (χ1v) is 7.98. The molecule has 8 heteroatoms. The highest BCUT2D eigenvalue weighted by atomic mass is 127. The third kappa shape index (κ3) is 4.76. The van der Waals surface area contributed by atoms with Crippen molar-refractivity contribution in [3.8, 4) is 0 Å². The van der Waals surface area contributed by atoms with Gasteiger partial charge in [-0.3, -0.25) is 4.99 Å². The number of pyridine rings is 1. The van der Waals surface area contributed by atoms with Crippen molar-refractivity contribution in [2.45, 2.75) is 19.0 Å². The molecular weight excluding hydrogens is 441 g/mol. The molecule has 130 valence electrons. The number of rotatable bonds is 4. The lowest BCUT2D eigenvalue weighted by Gasteiger charge is -2.20. The first kappa shape index (κ1) is 18.9. The van der Waals surface area contributed by atoms with E-state index in [1.54, 1.807) is 25.8 Å². The molecule has 2 aromatic rings. The fourth-order valence-electron chi connectivity index (χ4n) is 2.65. The molecule has 2 aromatic heterocycles. The molecule has 3 heterocycles. The second-order valence-electron chi connectivity index (χ2n) is 5.44. The van der Waals surface area contributed by atoms with Gasteiger partial charge in [-0.2, -0.15) is 0 Å². The van der Waals surface area contributed by atoms with Crippen molar-refractivity contribution in [2.24, 2.45) is 4.99 Å². The second-order valence-corrected chi connectivity index (χ2v) is 5.85. The molecular formula is C16H21ClIN5O. The van der Waals surface area contributed by atoms with Crippen LogP contribution in [0.25, 0.3) is 0 Å². The summed E-state index contributed by atoms with van der Waals surface area (Å²) < 4.78 is 5.06. The Morgan fingerprint density at radius 1 is 1.50 bits per heavy atom. The van der Waals surface area contributed by atoms with Crippen LogP contribution < -0.4 is 15.5 Å². The topological polar surface area (TPSA) is 65.7 Å². The highest BCUT2D eigenvalue weighted by molar-refractivity contribution is 14.0. The van der Waals surface area contributed by atoms with Crippen LogP contribution in [0.3, 0.4) is 0 Å². The monoisotopic (exact) mass is 461 g/mol. The van der Waals surface area contributed by atoms with Crippen molar-refractivity contribution < 1.29 is 4.42 Å².